The van der Waals surface area contributed by atoms with Crippen LogP contribution in [0.4, 0.5) is 4.39 Å². The molecular formula is C23H29FN2O3. The van der Waals surface area contributed by atoms with Crippen molar-refractivity contribution in [1.82, 2.24) is 10.2 Å². The van der Waals surface area contributed by atoms with Gasteiger partial charge in [0.25, 0.3) is 5.91 Å². The number of nitrogens with one attached hydrogen (secondary N) is 1. The number of rotatable bonds is 9. The number of para-hydroxylation sites is 1. The lowest BCUT2D eigenvalue weighted by Gasteiger charge is -2.29. The Kier molecular flexibility index (Phi) is 8.19. The second-order valence-corrected chi connectivity index (χ2v) is 7.48. The molecule has 29 heavy (non-hydrogen) atoms. The fourth-order valence-electron chi connectivity index (χ4n) is 2.79. The van der Waals surface area contributed by atoms with Crippen molar-refractivity contribution in [3.05, 3.63) is 65.5 Å². The Hall–Kier alpha value is -2.89. The van der Waals surface area contributed by atoms with E-state index < -0.39 is 11.9 Å². The van der Waals surface area contributed by atoms with Crippen molar-refractivity contribution in [2.24, 2.45) is 5.92 Å². The van der Waals surface area contributed by atoms with Crippen LogP contribution in [0, 0.1) is 18.7 Å². The number of ether oxygens (including phenoxy) is 1. The molecule has 1 atom stereocenters. The van der Waals surface area contributed by atoms with Crippen LogP contribution in [0.3, 0.4) is 0 Å². The molecule has 6 heteroatoms. The molecule has 2 rings (SSSR count). The van der Waals surface area contributed by atoms with Crippen LogP contribution in [0.1, 0.15) is 31.9 Å². The summed E-state index contributed by atoms with van der Waals surface area (Å²) in [7, 11) is 0. The molecule has 0 aliphatic heterocycles. The number of nitrogens with zero attached hydrogens (tertiary/aromatic N) is 1. The van der Waals surface area contributed by atoms with Crippen molar-refractivity contribution in [3.8, 4) is 5.75 Å². The lowest BCUT2D eigenvalue weighted by atomic mass is 10.1. The van der Waals surface area contributed by atoms with E-state index in [0.29, 0.717) is 12.5 Å². The molecule has 0 heterocycles. The minimum Gasteiger partial charge on any atom is -0.481 e. The first-order valence-corrected chi connectivity index (χ1v) is 9.78. The van der Waals surface area contributed by atoms with Gasteiger partial charge in [-0.3, -0.25) is 9.59 Å². The summed E-state index contributed by atoms with van der Waals surface area (Å²) in [6.07, 6.45) is 0. The van der Waals surface area contributed by atoms with Gasteiger partial charge in [-0.2, -0.15) is 0 Å². The topological polar surface area (TPSA) is 58.6 Å². The molecule has 0 aromatic heterocycles. The molecule has 5 nitrogen and oxygen atoms in total. The van der Waals surface area contributed by atoms with E-state index in [9.17, 15) is 14.0 Å². The summed E-state index contributed by atoms with van der Waals surface area (Å²) in [6, 6.07) is 12.9. The first-order chi connectivity index (χ1) is 13.8. The van der Waals surface area contributed by atoms with Gasteiger partial charge in [-0.1, -0.05) is 50.2 Å². The molecule has 0 unspecified atom stereocenters. The Morgan fingerprint density at radius 2 is 1.72 bits per heavy atom. The maximum Gasteiger partial charge on any atom is 0.261 e. The molecule has 0 aliphatic rings. The van der Waals surface area contributed by atoms with Crippen LogP contribution < -0.4 is 10.1 Å². The van der Waals surface area contributed by atoms with Crippen molar-refractivity contribution in [1.29, 1.82) is 0 Å². The zero-order chi connectivity index (χ0) is 21.4. The molecule has 0 radical (unpaired) electrons. The molecule has 0 fully saturated rings. The highest BCUT2D eigenvalue weighted by Crippen LogP contribution is 2.17. The Balaban J connectivity index is 2.16. The molecule has 2 amide bonds. The summed E-state index contributed by atoms with van der Waals surface area (Å²) in [5, 5.41) is 2.87. The van der Waals surface area contributed by atoms with E-state index in [0.717, 1.165) is 11.1 Å². The number of aryl methyl sites for hydroxylation is 1. The summed E-state index contributed by atoms with van der Waals surface area (Å²) in [5.74, 6) is -0.839. The van der Waals surface area contributed by atoms with Crippen LogP contribution in [-0.2, 0) is 16.1 Å². The van der Waals surface area contributed by atoms with E-state index in [1.807, 2.05) is 45.0 Å². The van der Waals surface area contributed by atoms with Gasteiger partial charge < -0.3 is 15.0 Å². The van der Waals surface area contributed by atoms with Crippen molar-refractivity contribution in [2.45, 2.75) is 40.3 Å². The normalized spacial score (nSPS) is 11.8. The molecule has 0 spiro atoms. The van der Waals surface area contributed by atoms with Crippen molar-refractivity contribution in [2.75, 3.05) is 13.2 Å². The molecule has 0 saturated carbocycles. The van der Waals surface area contributed by atoms with Crippen LogP contribution in [-0.4, -0.2) is 35.9 Å². The number of amides is 2. The molecule has 0 aliphatic carbocycles. The number of carbonyl (C=O) groups is 2. The highest BCUT2D eigenvalue weighted by atomic mass is 19.1. The molecule has 156 valence electrons. The molecule has 2 aromatic carbocycles. The van der Waals surface area contributed by atoms with E-state index in [1.54, 1.807) is 19.1 Å². The van der Waals surface area contributed by atoms with Crippen LogP contribution >= 0.6 is 0 Å². The molecule has 2 aromatic rings. The van der Waals surface area contributed by atoms with E-state index in [4.69, 9.17) is 4.74 Å². The van der Waals surface area contributed by atoms with Gasteiger partial charge in [-0.15, -0.1) is 0 Å². The lowest BCUT2D eigenvalue weighted by molar-refractivity contribution is -0.142. The zero-order valence-corrected chi connectivity index (χ0v) is 17.4. The third kappa shape index (κ3) is 6.59. The van der Waals surface area contributed by atoms with Crippen molar-refractivity contribution in [3.63, 3.8) is 0 Å². The monoisotopic (exact) mass is 400 g/mol. The highest BCUT2D eigenvalue weighted by Gasteiger charge is 2.27. The predicted octanol–water partition coefficient (Wildman–Crippen LogP) is 3.70. The summed E-state index contributed by atoms with van der Waals surface area (Å²) in [6.45, 7) is 8.09. The van der Waals surface area contributed by atoms with E-state index in [2.05, 4.69) is 5.32 Å². The number of carbonyl (C=O) groups excluding carboxylic acids is 2. The second-order valence-electron chi connectivity index (χ2n) is 7.48. The Bertz CT molecular complexity index is 838. The zero-order valence-electron chi connectivity index (χ0n) is 17.4. The number of hydrogen-bond donors (Lipinski definition) is 1. The first kappa shape index (κ1) is 22.4. The third-order valence-corrected chi connectivity index (χ3v) is 4.64. The van der Waals surface area contributed by atoms with Crippen LogP contribution in [0.25, 0.3) is 0 Å². The molecule has 0 saturated heterocycles. The number of benzene rings is 2. The number of hydrogen-bond acceptors (Lipinski definition) is 3. The molecular weight excluding hydrogens is 371 g/mol. The molecule has 0 bridgehead atoms. The van der Waals surface area contributed by atoms with Crippen LogP contribution in [0.15, 0.2) is 48.5 Å². The largest absolute Gasteiger partial charge is 0.481 e. The van der Waals surface area contributed by atoms with Gasteiger partial charge in [0.2, 0.25) is 5.91 Å². The maximum atomic E-state index is 13.8. The van der Waals surface area contributed by atoms with E-state index in [-0.39, 0.29) is 30.7 Å². The van der Waals surface area contributed by atoms with E-state index >= 15 is 0 Å². The van der Waals surface area contributed by atoms with Crippen molar-refractivity contribution >= 4 is 11.8 Å². The SMILES string of the molecule is Cc1ccccc1CN(C(=O)COc1ccccc1F)[C@H](C)C(=O)NCC(C)C. The Labute approximate surface area is 171 Å². The van der Waals surface area contributed by atoms with Crippen LogP contribution in [0.2, 0.25) is 0 Å². The molecule has 1 N–H and O–H groups in total. The Morgan fingerprint density at radius 1 is 1.07 bits per heavy atom. The minimum atomic E-state index is -0.690. The quantitative estimate of drug-likeness (QED) is 0.698. The second kappa shape index (κ2) is 10.6. The van der Waals surface area contributed by atoms with Gasteiger partial charge in [0.1, 0.15) is 6.04 Å². The van der Waals surface area contributed by atoms with Crippen LogP contribution in [0.5, 0.6) is 5.75 Å². The summed E-state index contributed by atoms with van der Waals surface area (Å²) in [5.41, 5.74) is 1.96. The maximum absolute atomic E-state index is 13.8. The van der Waals surface area contributed by atoms with Gasteiger partial charge in [0, 0.05) is 13.1 Å². The first-order valence-electron chi connectivity index (χ1n) is 9.78. The van der Waals surface area contributed by atoms with E-state index in [1.165, 1.54) is 17.0 Å². The predicted molar refractivity (Wildman–Crippen MR) is 111 cm³/mol. The van der Waals surface area contributed by atoms with Gasteiger partial charge in [0.05, 0.1) is 0 Å². The average molecular weight is 400 g/mol. The standard InChI is InChI=1S/C23H29FN2O3/c1-16(2)13-25-23(28)18(4)26(14-19-10-6-5-9-17(19)3)22(27)15-29-21-12-8-7-11-20(21)24/h5-12,16,18H,13-15H2,1-4H3,(H,25,28)/t18-/m1/s1. The average Bonchev–Trinajstić information content (AvgIpc) is 2.70. The fourth-order valence-corrected chi connectivity index (χ4v) is 2.79. The number of halogens is 1. The summed E-state index contributed by atoms with van der Waals surface area (Å²) >= 11 is 0. The minimum absolute atomic E-state index is 0.00797. The smallest absolute Gasteiger partial charge is 0.261 e. The van der Waals surface area contributed by atoms with Gasteiger partial charge >= 0.3 is 0 Å². The van der Waals surface area contributed by atoms with Gasteiger partial charge in [-0.05, 0) is 43.0 Å². The van der Waals surface area contributed by atoms with Gasteiger partial charge in [-0.25, -0.2) is 4.39 Å². The lowest BCUT2D eigenvalue weighted by Crippen LogP contribution is -2.49. The van der Waals surface area contributed by atoms with Gasteiger partial charge in [0.15, 0.2) is 18.2 Å². The summed E-state index contributed by atoms with van der Waals surface area (Å²) in [4.78, 5) is 27.0. The fraction of sp³-hybridized carbons (Fsp3) is 0.391. The van der Waals surface area contributed by atoms with Crippen molar-refractivity contribution < 1.29 is 18.7 Å². The Morgan fingerprint density at radius 3 is 2.38 bits per heavy atom. The highest BCUT2D eigenvalue weighted by molar-refractivity contribution is 5.88. The third-order valence-electron chi connectivity index (χ3n) is 4.64. The summed E-state index contributed by atoms with van der Waals surface area (Å²) < 4.78 is 19.2.